The highest BCUT2D eigenvalue weighted by Crippen LogP contribution is 2.38. The second-order valence-corrected chi connectivity index (χ2v) is 9.22. The van der Waals surface area contributed by atoms with Crippen molar-refractivity contribution in [2.45, 2.75) is 44.8 Å². The summed E-state index contributed by atoms with van der Waals surface area (Å²) in [5.74, 6) is -0.546. The van der Waals surface area contributed by atoms with Gasteiger partial charge in [0.2, 0.25) is 0 Å². The van der Waals surface area contributed by atoms with Crippen molar-refractivity contribution in [3.05, 3.63) is 94.7 Å². The number of aryl methyl sites for hydroxylation is 1. The fourth-order valence-corrected chi connectivity index (χ4v) is 5.41. The maximum absolute atomic E-state index is 13.7. The summed E-state index contributed by atoms with van der Waals surface area (Å²) in [7, 11) is 0. The molecule has 0 bridgehead atoms. The van der Waals surface area contributed by atoms with E-state index in [4.69, 9.17) is 0 Å². The van der Waals surface area contributed by atoms with Crippen LogP contribution in [0.2, 0.25) is 0 Å². The standard InChI is InChI=1S/C28H26FN3O/c1-17(18-6-3-2-4-7-18)30-26-9-5-8-23-24-15-20(11-13-25(24)31-27(23)26)19-10-12-22-21(14-19)16-32(29)28(22)33/h2-4,6-7,10-15,17,26,30-31H,5,8-9,16H2,1H3/t17-,26?/m1/s1. The number of carbonyl (C=O) groups is 1. The summed E-state index contributed by atoms with van der Waals surface area (Å²) >= 11 is 0. The van der Waals surface area contributed by atoms with Gasteiger partial charge in [-0.25, -0.2) is 0 Å². The zero-order chi connectivity index (χ0) is 22.5. The Balaban J connectivity index is 1.34. The summed E-state index contributed by atoms with van der Waals surface area (Å²) < 4.78 is 13.7. The molecule has 0 spiro atoms. The minimum absolute atomic E-state index is 0.0246. The van der Waals surface area contributed by atoms with Crippen molar-refractivity contribution in [1.82, 2.24) is 15.4 Å². The molecule has 1 aliphatic carbocycles. The third kappa shape index (κ3) is 3.44. The minimum atomic E-state index is -0.546. The average Bonchev–Trinajstić information content (AvgIpc) is 3.36. The summed E-state index contributed by atoms with van der Waals surface area (Å²) in [6, 6.07) is 23.2. The van der Waals surface area contributed by atoms with Gasteiger partial charge < -0.3 is 10.3 Å². The Kier molecular flexibility index (Phi) is 4.80. The first-order valence-electron chi connectivity index (χ1n) is 11.6. The Labute approximate surface area is 192 Å². The van der Waals surface area contributed by atoms with Crippen molar-refractivity contribution in [3.8, 4) is 11.1 Å². The fourth-order valence-electron chi connectivity index (χ4n) is 5.41. The van der Waals surface area contributed by atoms with Crippen molar-refractivity contribution < 1.29 is 9.28 Å². The van der Waals surface area contributed by atoms with Crippen molar-refractivity contribution in [1.29, 1.82) is 0 Å². The van der Waals surface area contributed by atoms with E-state index in [9.17, 15) is 9.28 Å². The molecule has 0 saturated heterocycles. The van der Waals surface area contributed by atoms with Crippen LogP contribution in [-0.2, 0) is 13.0 Å². The second kappa shape index (κ2) is 7.85. The molecule has 0 saturated carbocycles. The number of fused-ring (bicyclic) bond motifs is 4. The first-order chi connectivity index (χ1) is 16.1. The number of rotatable bonds is 4. The molecule has 1 aromatic heterocycles. The van der Waals surface area contributed by atoms with Crippen LogP contribution in [-0.4, -0.2) is 16.0 Å². The molecule has 4 aromatic rings. The van der Waals surface area contributed by atoms with Crippen LogP contribution in [0.5, 0.6) is 0 Å². The Morgan fingerprint density at radius 1 is 1.06 bits per heavy atom. The molecule has 2 N–H and O–H groups in total. The molecule has 3 aromatic carbocycles. The van der Waals surface area contributed by atoms with E-state index < -0.39 is 5.91 Å². The molecule has 4 nitrogen and oxygen atoms in total. The van der Waals surface area contributed by atoms with Gasteiger partial charge in [0.15, 0.2) is 0 Å². The smallest absolute Gasteiger partial charge is 0.282 e. The molecule has 2 heterocycles. The molecule has 1 unspecified atom stereocenters. The Hall–Kier alpha value is -3.44. The molecular weight excluding hydrogens is 413 g/mol. The van der Waals surface area contributed by atoms with E-state index in [1.165, 1.54) is 22.2 Å². The van der Waals surface area contributed by atoms with Crippen LogP contribution in [0.4, 0.5) is 4.48 Å². The Morgan fingerprint density at radius 3 is 2.70 bits per heavy atom. The van der Waals surface area contributed by atoms with E-state index in [0.717, 1.165) is 41.5 Å². The van der Waals surface area contributed by atoms with E-state index in [1.54, 1.807) is 6.07 Å². The Bertz CT molecular complexity index is 1360. The molecule has 2 atom stereocenters. The predicted octanol–water partition coefficient (Wildman–Crippen LogP) is 6.40. The first kappa shape index (κ1) is 20.2. The zero-order valence-corrected chi connectivity index (χ0v) is 18.6. The van der Waals surface area contributed by atoms with E-state index >= 15 is 0 Å². The largest absolute Gasteiger partial charge is 0.357 e. The van der Waals surface area contributed by atoms with Crippen LogP contribution < -0.4 is 5.32 Å². The van der Waals surface area contributed by atoms with E-state index in [-0.39, 0.29) is 17.7 Å². The maximum Gasteiger partial charge on any atom is 0.282 e. The van der Waals surface area contributed by atoms with E-state index in [2.05, 4.69) is 65.8 Å². The molecule has 5 heteroatoms. The number of benzene rings is 3. The molecule has 0 fully saturated rings. The lowest BCUT2D eigenvalue weighted by atomic mass is 9.90. The molecule has 2 aliphatic rings. The van der Waals surface area contributed by atoms with Gasteiger partial charge in [-0.1, -0.05) is 46.9 Å². The van der Waals surface area contributed by atoms with Gasteiger partial charge in [-0.05, 0) is 78.3 Å². The highest BCUT2D eigenvalue weighted by atomic mass is 19.2. The number of nitrogens with one attached hydrogen (secondary N) is 2. The van der Waals surface area contributed by atoms with Crippen LogP contribution in [0.25, 0.3) is 22.0 Å². The average molecular weight is 440 g/mol. The predicted molar refractivity (Wildman–Crippen MR) is 128 cm³/mol. The topological polar surface area (TPSA) is 48.1 Å². The van der Waals surface area contributed by atoms with E-state index in [0.29, 0.717) is 11.6 Å². The lowest BCUT2D eigenvalue weighted by Gasteiger charge is -2.27. The number of hydrogen-bond acceptors (Lipinski definition) is 2. The van der Waals surface area contributed by atoms with Crippen LogP contribution >= 0.6 is 0 Å². The number of H-pyrrole nitrogens is 1. The van der Waals surface area contributed by atoms with Gasteiger partial charge in [0.1, 0.15) is 0 Å². The van der Waals surface area contributed by atoms with Crippen molar-refractivity contribution in [2.75, 3.05) is 0 Å². The van der Waals surface area contributed by atoms with Gasteiger partial charge in [0, 0.05) is 34.2 Å². The monoisotopic (exact) mass is 439 g/mol. The summed E-state index contributed by atoms with van der Waals surface area (Å²) in [6.07, 6.45) is 3.32. The molecule has 6 rings (SSSR count). The second-order valence-electron chi connectivity index (χ2n) is 9.22. The summed E-state index contributed by atoms with van der Waals surface area (Å²) in [5.41, 5.74) is 8.44. The SMILES string of the molecule is C[C@@H](NC1CCCc2c1[nH]c1ccc(-c3ccc4c(c3)CN(F)C4=O)cc21)c1ccccc1. The fraction of sp³-hybridized carbons (Fsp3) is 0.250. The lowest BCUT2D eigenvalue weighted by molar-refractivity contribution is 0.0220. The molecular formula is C28H26FN3O. The van der Waals surface area contributed by atoms with E-state index in [1.807, 2.05) is 12.1 Å². The molecule has 166 valence electrons. The van der Waals surface area contributed by atoms with Crippen molar-refractivity contribution in [3.63, 3.8) is 0 Å². The van der Waals surface area contributed by atoms with Gasteiger partial charge in [-0.15, -0.1) is 0 Å². The molecule has 1 amide bonds. The molecule has 33 heavy (non-hydrogen) atoms. The summed E-state index contributed by atoms with van der Waals surface area (Å²) in [6.45, 7) is 2.25. The van der Waals surface area contributed by atoms with Gasteiger partial charge >= 0.3 is 0 Å². The minimum Gasteiger partial charge on any atom is -0.357 e. The molecule has 1 aliphatic heterocycles. The first-order valence-corrected chi connectivity index (χ1v) is 11.6. The maximum atomic E-state index is 13.7. The third-order valence-corrected chi connectivity index (χ3v) is 7.16. The number of carbonyl (C=O) groups excluding carboxylic acids is 1. The van der Waals surface area contributed by atoms with Crippen LogP contribution in [0, 0.1) is 0 Å². The van der Waals surface area contributed by atoms with Crippen LogP contribution in [0.3, 0.4) is 0 Å². The number of aromatic nitrogens is 1. The number of hydrogen-bond donors (Lipinski definition) is 2. The van der Waals surface area contributed by atoms with Crippen molar-refractivity contribution >= 4 is 16.8 Å². The normalized spacial score (nSPS) is 18.4. The van der Waals surface area contributed by atoms with Gasteiger partial charge in [0.05, 0.1) is 6.54 Å². The highest BCUT2D eigenvalue weighted by molar-refractivity contribution is 5.98. The highest BCUT2D eigenvalue weighted by Gasteiger charge is 2.28. The number of amides is 1. The summed E-state index contributed by atoms with van der Waals surface area (Å²) in [4.78, 5) is 15.6. The number of aromatic amines is 1. The molecule has 0 radical (unpaired) electrons. The number of nitrogens with zero attached hydrogens (tertiary/aromatic N) is 1. The van der Waals surface area contributed by atoms with Gasteiger partial charge in [0.25, 0.3) is 5.91 Å². The number of halogens is 1. The Morgan fingerprint density at radius 2 is 1.85 bits per heavy atom. The lowest BCUT2D eigenvalue weighted by Crippen LogP contribution is -2.27. The summed E-state index contributed by atoms with van der Waals surface area (Å²) in [5, 5.41) is 5.37. The third-order valence-electron chi connectivity index (χ3n) is 7.16. The van der Waals surface area contributed by atoms with Crippen LogP contribution in [0.1, 0.15) is 64.6 Å². The zero-order valence-electron chi connectivity index (χ0n) is 18.6. The van der Waals surface area contributed by atoms with Crippen molar-refractivity contribution in [2.24, 2.45) is 0 Å². The van der Waals surface area contributed by atoms with Gasteiger partial charge in [-0.3, -0.25) is 4.79 Å². The quantitative estimate of drug-likeness (QED) is 0.361. The van der Waals surface area contributed by atoms with Crippen LogP contribution in [0.15, 0.2) is 66.7 Å². The van der Waals surface area contributed by atoms with Gasteiger partial charge in [-0.2, -0.15) is 5.12 Å².